The Bertz CT molecular complexity index is 532. The Hall–Kier alpha value is -1.26. The van der Waals surface area contributed by atoms with E-state index in [0.717, 1.165) is 12.1 Å². The first-order valence-electron chi connectivity index (χ1n) is 7.09. The van der Waals surface area contributed by atoms with Gasteiger partial charge in [0.2, 0.25) is 5.91 Å². The SMILES string of the molecule is CC1CC(Nc2cccc(Cl)c2)(C(N)=O)CN1C1CC1. The van der Waals surface area contributed by atoms with Crippen LogP contribution in [-0.2, 0) is 4.79 Å². The summed E-state index contributed by atoms with van der Waals surface area (Å²) < 4.78 is 0. The fourth-order valence-electron chi connectivity index (χ4n) is 3.22. The minimum atomic E-state index is -0.688. The predicted molar refractivity (Wildman–Crippen MR) is 80.8 cm³/mol. The maximum absolute atomic E-state index is 12.0. The normalized spacial score (nSPS) is 30.4. The number of nitrogens with zero attached hydrogens (tertiary/aromatic N) is 1. The van der Waals surface area contributed by atoms with E-state index in [2.05, 4.69) is 17.1 Å². The number of amides is 1. The second-order valence-corrected chi connectivity index (χ2v) is 6.47. The first-order chi connectivity index (χ1) is 9.50. The highest BCUT2D eigenvalue weighted by Gasteiger charge is 2.50. The first-order valence-corrected chi connectivity index (χ1v) is 7.47. The van der Waals surface area contributed by atoms with Crippen LogP contribution in [0.5, 0.6) is 0 Å². The summed E-state index contributed by atoms with van der Waals surface area (Å²) in [5, 5.41) is 3.99. The van der Waals surface area contributed by atoms with E-state index in [0.29, 0.717) is 23.7 Å². The van der Waals surface area contributed by atoms with E-state index in [1.165, 1.54) is 12.8 Å². The third-order valence-electron chi connectivity index (χ3n) is 4.36. The molecule has 0 aromatic heterocycles. The van der Waals surface area contributed by atoms with Crippen molar-refractivity contribution in [1.82, 2.24) is 4.90 Å². The molecule has 2 atom stereocenters. The van der Waals surface area contributed by atoms with Crippen molar-refractivity contribution in [2.24, 2.45) is 5.73 Å². The zero-order chi connectivity index (χ0) is 14.3. The molecule has 5 heteroatoms. The number of rotatable bonds is 4. The molecule has 108 valence electrons. The van der Waals surface area contributed by atoms with Gasteiger partial charge in [-0.25, -0.2) is 0 Å². The lowest BCUT2D eigenvalue weighted by molar-refractivity contribution is -0.121. The van der Waals surface area contributed by atoms with Gasteiger partial charge in [-0.2, -0.15) is 0 Å². The topological polar surface area (TPSA) is 58.4 Å². The Morgan fingerprint density at radius 3 is 2.85 bits per heavy atom. The van der Waals surface area contributed by atoms with Crippen LogP contribution in [0.4, 0.5) is 5.69 Å². The minimum Gasteiger partial charge on any atom is -0.370 e. The zero-order valence-electron chi connectivity index (χ0n) is 11.6. The molecular formula is C15H20ClN3O. The number of anilines is 1. The average molecular weight is 294 g/mol. The van der Waals surface area contributed by atoms with E-state index in [1.54, 1.807) is 0 Å². The van der Waals surface area contributed by atoms with E-state index >= 15 is 0 Å². The molecule has 2 unspecified atom stereocenters. The van der Waals surface area contributed by atoms with Crippen molar-refractivity contribution in [1.29, 1.82) is 0 Å². The highest BCUT2D eigenvalue weighted by molar-refractivity contribution is 6.30. The van der Waals surface area contributed by atoms with Gasteiger partial charge in [0.1, 0.15) is 5.54 Å². The second kappa shape index (κ2) is 4.93. The highest BCUT2D eigenvalue weighted by Crippen LogP contribution is 2.38. The van der Waals surface area contributed by atoms with Crippen LogP contribution in [-0.4, -0.2) is 35.0 Å². The Labute approximate surface area is 124 Å². The largest absolute Gasteiger partial charge is 0.370 e. The van der Waals surface area contributed by atoms with Crippen molar-refractivity contribution in [3.63, 3.8) is 0 Å². The van der Waals surface area contributed by atoms with Gasteiger partial charge in [-0.05, 0) is 44.4 Å². The average Bonchev–Trinajstić information content (AvgIpc) is 3.15. The van der Waals surface area contributed by atoms with Crippen LogP contribution in [0.25, 0.3) is 0 Å². The van der Waals surface area contributed by atoms with Gasteiger partial charge in [0.25, 0.3) is 0 Å². The standard InChI is InChI=1S/C15H20ClN3O/c1-10-8-15(14(17)20,9-19(10)13-5-6-13)18-12-4-2-3-11(16)7-12/h2-4,7,10,13,18H,5-6,8-9H2,1H3,(H2,17,20). The van der Waals surface area contributed by atoms with Crippen LogP contribution in [0, 0.1) is 0 Å². The lowest BCUT2D eigenvalue weighted by atomic mass is 9.95. The van der Waals surface area contributed by atoms with Gasteiger partial charge < -0.3 is 11.1 Å². The van der Waals surface area contributed by atoms with Crippen LogP contribution in [0.2, 0.25) is 5.02 Å². The number of benzene rings is 1. The molecule has 1 aliphatic heterocycles. The van der Waals surface area contributed by atoms with Gasteiger partial charge >= 0.3 is 0 Å². The lowest BCUT2D eigenvalue weighted by Crippen LogP contribution is -2.52. The van der Waals surface area contributed by atoms with Crippen molar-refractivity contribution in [3.05, 3.63) is 29.3 Å². The van der Waals surface area contributed by atoms with Crippen LogP contribution in [0.1, 0.15) is 26.2 Å². The molecule has 3 rings (SSSR count). The fourth-order valence-corrected chi connectivity index (χ4v) is 3.41. The van der Waals surface area contributed by atoms with Crippen LogP contribution in [0.3, 0.4) is 0 Å². The van der Waals surface area contributed by atoms with Crippen molar-refractivity contribution in [3.8, 4) is 0 Å². The molecule has 1 aromatic rings. The number of nitrogens with one attached hydrogen (secondary N) is 1. The molecule has 1 heterocycles. The van der Waals surface area contributed by atoms with Crippen molar-refractivity contribution in [2.75, 3.05) is 11.9 Å². The number of hydrogen-bond acceptors (Lipinski definition) is 3. The summed E-state index contributed by atoms with van der Waals surface area (Å²) in [6, 6.07) is 8.44. The molecule has 2 aliphatic rings. The minimum absolute atomic E-state index is 0.285. The van der Waals surface area contributed by atoms with Crippen LogP contribution in [0.15, 0.2) is 24.3 Å². The number of nitrogens with two attached hydrogens (primary N) is 1. The molecule has 1 saturated carbocycles. The molecule has 1 aliphatic carbocycles. The summed E-state index contributed by atoms with van der Waals surface area (Å²) in [7, 11) is 0. The molecule has 20 heavy (non-hydrogen) atoms. The van der Waals surface area contributed by atoms with Gasteiger partial charge in [-0.15, -0.1) is 0 Å². The Kier molecular flexibility index (Phi) is 3.38. The second-order valence-electron chi connectivity index (χ2n) is 6.04. The lowest BCUT2D eigenvalue weighted by Gasteiger charge is -2.28. The third-order valence-corrected chi connectivity index (χ3v) is 4.59. The molecular weight excluding hydrogens is 274 g/mol. The number of halogens is 1. The Balaban J connectivity index is 1.84. The molecule has 1 aromatic carbocycles. The van der Waals surface area contributed by atoms with Gasteiger partial charge in [-0.1, -0.05) is 17.7 Å². The first kappa shape index (κ1) is 13.7. The number of carbonyl (C=O) groups is 1. The summed E-state index contributed by atoms with van der Waals surface area (Å²) >= 11 is 6.01. The maximum atomic E-state index is 12.0. The van der Waals surface area contributed by atoms with E-state index in [9.17, 15) is 4.79 Å². The van der Waals surface area contributed by atoms with Gasteiger partial charge in [-0.3, -0.25) is 9.69 Å². The molecule has 4 nitrogen and oxygen atoms in total. The van der Waals surface area contributed by atoms with E-state index in [1.807, 2.05) is 24.3 Å². The van der Waals surface area contributed by atoms with E-state index in [4.69, 9.17) is 17.3 Å². The van der Waals surface area contributed by atoms with Gasteiger partial charge in [0.15, 0.2) is 0 Å². The molecule has 2 fully saturated rings. The summed E-state index contributed by atoms with van der Waals surface area (Å²) in [5.74, 6) is -0.285. The smallest absolute Gasteiger partial charge is 0.244 e. The quantitative estimate of drug-likeness (QED) is 0.895. The van der Waals surface area contributed by atoms with E-state index < -0.39 is 5.54 Å². The summed E-state index contributed by atoms with van der Waals surface area (Å²) in [5.41, 5.74) is 5.86. The summed E-state index contributed by atoms with van der Waals surface area (Å²) in [6.07, 6.45) is 3.21. The third kappa shape index (κ3) is 2.50. The fraction of sp³-hybridized carbons (Fsp3) is 0.533. The number of carbonyl (C=O) groups excluding carboxylic acids is 1. The zero-order valence-corrected chi connectivity index (χ0v) is 12.4. The van der Waals surface area contributed by atoms with Crippen molar-refractivity contribution >= 4 is 23.2 Å². The number of likely N-dealkylation sites (tertiary alicyclic amines) is 1. The highest BCUT2D eigenvalue weighted by atomic mass is 35.5. The van der Waals surface area contributed by atoms with Crippen LogP contribution < -0.4 is 11.1 Å². The monoisotopic (exact) mass is 293 g/mol. The Morgan fingerprint density at radius 2 is 2.25 bits per heavy atom. The van der Waals surface area contributed by atoms with E-state index in [-0.39, 0.29) is 5.91 Å². The molecule has 0 radical (unpaired) electrons. The molecule has 0 spiro atoms. The predicted octanol–water partition coefficient (Wildman–Crippen LogP) is 2.23. The number of primary amides is 1. The van der Waals surface area contributed by atoms with Gasteiger partial charge in [0, 0.05) is 29.3 Å². The maximum Gasteiger partial charge on any atom is 0.244 e. The number of hydrogen-bond donors (Lipinski definition) is 2. The molecule has 1 saturated heterocycles. The van der Waals surface area contributed by atoms with Gasteiger partial charge in [0.05, 0.1) is 0 Å². The van der Waals surface area contributed by atoms with Crippen molar-refractivity contribution in [2.45, 2.75) is 43.8 Å². The Morgan fingerprint density at radius 1 is 1.50 bits per heavy atom. The molecule has 3 N–H and O–H groups in total. The van der Waals surface area contributed by atoms with Crippen LogP contribution >= 0.6 is 11.6 Å². The summed E-state index contributed by atoms with van der Waals surface area (Å²) in [6.45, 7) is 2.85. The summed E-state index contributed by atoms with van der Waals surface area (Å²) in [4.78, 5) is 14.5. The van der Waals surface area contributed by atoms with Crippen molar-refractivity contribution < 1.29 is 4.79 Å². The molecule has 1 amide bonds. The molecule has 0 bridgehead atoms.